The number of hydrogen-bond acceptors (Lipinski definition) is 4. The van der Waals surface area contributed by atoms with Crippen LogP contribution in [0.4, 0.5) is 4.79 Å². The standard InChI is InChI=1S/C20H28N4O2.C2H6/c1-5-17-18(15-10-6-7-11-16(15)21)24(14-23-17)13-9-8-12-22-19(25)26-20(2,3)4;1-2/h5-7,10-11,14,21H,8-9,12-13H2,1-4H3,(H,22,25);1-2H3/b17-5+,18-15+,21-16?;. The van der Waals surface area contributed by atoms with E-state index in [-0.39, 0.29) is 6.09 Å². The summed E-state index contributed by atoms with van der Waals surface area (Å²) in [4.78, 5) is 16.1. The van der Waals surface area contributed by atoms with Crippen LogP contribution in [-0.4, -0.2) is 33.5 Å². The van der Waals surface area contributed by atoms with E-state index < -0.39 is 5.60 Å². The predicted molar refractivity (Wildman–Crippen MR) is 116 cm³/mol. The van der Waals surface area contributed by atoms with Gasteiger partial charge in [-0.3, -0.25) is 0 Å². The third-order valence-corrected chi connectivity index (χ3v) is 3.82. The van der Waals surface area contributed by atoms with Gasteiger partial charge >= 0.3 is 6.09 Å². The Labute approximate surface area is 168 Å². The molecule has 0 radical (unpaired) electrons. The molecule has 1 amide bonds. The summed E-state index contributed by atoms with van der Waals surface area (Å²) in [7, 11) is 0. The normalized spacial score (nSPS) is 15.9. The lowest BCUT2D eigenvalue weighted by molar-refractivity contribution is 0.0527. The average molecular weight is 387 g/mol. The van der Waals surface area contributed by atoms with Gasteiger partial charge in [0, 0.05) is 18.7 Å². The highest BCUT2D eigenvalue weighted by Gasteiger charge is 2.15. The van der Waals surface area contributed by atoms with Crippen molar-refractivity contribution < 1.29 is 9.53 Å². The summed E-state index contributed by atoms with van der Waals surface area (Å²) in [5.74, 6) is 0. The molecule has 0 unspecified atom stereocenters. The fourth-order valence-corrected chi connectivity index (χ4v) is 2.67. The third kappa shape index (κ3) is 7.18. The fourth-order valence-electron chi connectivity index (χ4n) is 2.67. The maximum Gasteiger partial charge on any atom is 0.407 e. The lowest BCUT2D eigenvalue weighted by Gasteiger charge is -2.19. The first-order valence-electron chi connectivity index (χ1n) is 9.94. The number of hydrogen-bond donors (Lipinski definition) is 2. The topological polar surface area (TPSA) is 80.0 Å². The number of ether oxygens (including phenoxy) is 1. The minimum absolute atomic E-state index is 0.383. The molecule has 28 heavy (non-hydrogen) atoms. The molecule has 0 saturated heterocycles. The molecule has 154 valence electrons. The van der Waals surface area contributed by atoms with Crippen LogP contribution in [0.25, 0.3) is 11.6 Å². The molecule has 1 aromatic rings. The molecule has 0 aromatic carbocycles. The second kappa shape index (κ2) is 11.3. The summed E-state index contributed by atoms with van der Waals surface area (Å²) in [5.41, 5.74) is 0.890. The van der Waals surface area contributed by atoms with Crippen molar-refractivity contribution in [2.75, 3.05) is 6.54 Å². The number of nitrogens with one attached hydrogen (secondary N) is 2. The lowest BCUT2D eigenvalue weighted by atomic mass is 10.1. The number of aryl methyl sites for hydroxylation is 1. The first kappa shape index (κ1) is 23.4. The van der Waals surface area contributed by atoms with Crippen molar-refractivity contribution in [3.8, 4) is 0 Å². The van der Waals surface area contributed by atoms with Crippen LogP contribution in [0.1, 0.15) is 54.4 Å². The van der Waals surface area contributed by atoms with E-state index in [4.69, 9.17) is 10.1 Å². The number of nitrogens with zero attached hydrogens (tertiary/aromatic N) is 2. The maximum absolute atomic E-state index is 11.6. The lowest BCUT2D eigenvalue weighted by Crippen LogP contribution is -2.34. The molecule has 6 nitrogen and oxygen atoms in total. The van der Waals surface area contributed by atoms with Gasteiger partial charge in [0.25, 0.3) is 0 Å². The van der Waals surface area contributed by atoms with Crippen LogP contribution in [-0.2, 0) is 11.3 Å². The Bertz CT molecular complexity index is 839. The van der Waals surface area contributed by atoms with Gasteiger partial charge in [-0.1, -0.05) is 38.2 Å². The van der Waals surface area contributed by atoms with E-state index in [1.807, 2.05) is 72.2 Å². The first-order chi connectivity index (χ1) is 13.3. The van der Waals surface area contributed by atoms with E-state index in [1.54, 1.807) is 6.08 Å². The molecule has 0 saturated carbocycles. The molecule has 1 aliphatic carbocycles. The number of carbonyl (C=O) groups excluding carboxylic acids is 1. The largest absolute Gasteiger partial charge is 0.444 e. The second-order valence-electron chi connectivity index (χ2n) is 7.14. The van der Waals surface area contributed by atoms with Gasteiger partial charge in [0.15, 0.2) is 0 Å². The molecule has 0 aliphatic heterocycles. The quantitative estimate of drug-likeness (QED) is 0.762. The summed E-state index contributed by atoms with van der Waals surface area (Å²) < 4.78 is 7.30. The summed E-state index contributed by atoms with van der Waals surface area (Å²) >= 11 is 0. The van der Waals surface area contributed by atoms with Gasteiger partial charge in [0.2, 0.25) is 0 Å². The fraction of sp³-hybridized carbons (Fsp3) is 0.500. The number of allylic oxidation sites excluding steroid dienone is 4. The number of imidazole rings is 1. The van der Waals surface area contributed by atoms with Gasteiger partial charge < -0.3 is 20.0 Å². The van der Waals surface area contributed by atoms with E-state index in [1.165, 1.54) is 0 Å². The van der Waals surface area contributed by atoms with Crippen molar-refractivity contribution in [1.82, 2.24) is 14.9 Å². The second-order valence-corrected chi connectivity index (χ2v) is 7.14. The number of unbranched alkanes of at least 4 members (excludes halogenated alkanes) is 1. The van der Waals surface area contributed by atoms with Crippen molar-refractivity contribution in [2.45, 2.75) is 66.5 Å². The molecular weight excluding hydrogens is 352 g/mol. The highest BCUT2D eigenvalue weighted by Crippen LogP contribution is 2.07. The molecule has 0 spiro atoms. The van der Waals surface area contributed by atoms with Crippen LogP contribution in [0.15, 0.2) is 30.6 Å². The average Bonchev–Trinajstić information content (AvgIpc) is 3.05. The van der Waals surface area contributed by atoms with Crippen LogP contribution in [0.2, 0.25) is 0 Å². The molecule has 0 atom stereocenters. The van der Waals surface area contributed by atoms with E-state index in [0.717, 1.165) is 35.7 Å². The number of amides is 1. The van der Waals surface area contributed by atoms with E-state index in [0.29, 0.717) is 12.3 Å². The monoisotopic (exact) mass is 386 g/mol. The van der Waals surface area contributed by atoms with Crippen molar-refractivity contribution >= 4 is 23.5 Å². The first-order valence-corrected chi connectivity index (χ1v) is 9.94. The van der Waals surface area contributed by atoms with Gasteiger partial charge in [0.05, 0.1) is 22.7 Å². The molecule has 1 heterocycles. The number of carbonyl (C=O) groups is 1. The zero-order valence-corrected chi connectivity index (χ0v) is 18.0. The summed E-state index contributed by atoms with van der Waals surface area (Å²) in [5, 5.41) is 12.8. The Hall–Kier alpha value is -2.63. The van der Waals surface area contributed by atoms with E-state index in [2.05, 4.69) is 14.9 Å². The number of aromatic nitrogens is 2. The Morgan fingerprint density at radius 1 is 1.25 bits per heavy atom. The van der Waals surface area contributed by atoms with Crippen molar-refractivity contribution in [3.05, 3.63) is 41.3 Å². The molecule has 6 heteroatoms. The molecule has 1 aromatic heterocycles. The molecule has 2 N–H and O–H groups in total. The van der Waals surface area contributed by atoms with Crippen LogP contribution in [0.5, 0.6) is 0 Å². The van der Waals surface area contributed by atoms with Crippen molar-refractivity contribution in [3.63, 3.8) is 0 Å². The molecule has 2 rings (SSSR count). The van der Waals surface area contributed by atoms with Crippen LogP contribution in [0.3, 0.4) is 0 Å². The number of rotatable bonds is 5. The zero-order valence-electron chi connectivity index (χ0n) is 18.0. The zero-order chi connectivity index (χ0) is 21.2. The molecule has 0 fully saturated rings. The molecule has 1 aliphatic rings. The van der Waals surface area contributed by atoms with E-state index >= 15 is 0 Å². The molecule has 0 bridgehead atoms. The van der Waals surface area contributed by atoms with E-state index in [9.17, 15) is 4.79 Å². The summed E-state index contributed by atoms with van der Waals surface area (Å²) in [6, 6.07) is 0. The van der Waals surface area contributed by atoms with Gasteiger partial charge in [-0.25, -0.2) is 9.78 Å². The van der Waals surface area contributed by atoms with Crippen LogP contribution >= 0.6 is 0 Å². The highest BCUT2D eigenvalue weighted by atomic mass is 16.6. The van der Waals surface area contributed by atoms with Crippen molar-refractivity contribution in [1.29, 1.82) is 5.41 Å². The third-order valence-electron chi connectivity index (χ3n) is 3.82. The van der Waals surface area contributed by atoms with Gasteiger partial charge in [0.1, 0.15) is 5.60 Å². The van der Waals surface area contributed by atoms with Crippen LogP contribution < -0.4 is 16.0 Å². The smallest absolute Gasteiger partial charge is 0.407 e. The molecular formula is C22H34N4O2. The van der Waals surface area contributed by atoms with Crippen LogP contribution in [0, 0.1) is 5.41 Å². The summed E-state index contributed by atoms with van der Waals surface area (Å²) in [6.45, 7) is 12.8. The van der Waals surface area contributed by atoms with Gasteiger partial charge in [-0.05, 0) is 46.6 Å². The Morgan fingerprint density at radius 2 is 1.93 bits per heavy atom. The Morgan fingerprint density at radius 3 is 2.54 bits per heavy atom. The van der Waals surface area contributed by atoms with Gasteiger partial charge in [-0.15, -0.1) is 0 Å². The maximum atomic E-state index is 11.6. The van der Waals surface area contributed by atoms with Crippen molar-refractivity contribution in [2.24, 2.45) is 0 Å². The predicted octanol–water partition coefficient (Wildman–Crippen LogP) is 3.31. The minimum Gasteiger partial charge on any atom is -0.444 e. The Kier molecular flexibility index (Phi) is 9.42. The van der Waals surface area contributed by atoms with Gasteiger partial charge in [-0.2, -0.15) is 0 Å². The highest BCUT2D eigenvalue weighted by molar-refractivity contribution is 6.26. The SMILES string of the molecule is C/C=c1/ncn(CCCCNC(=O)OC(C)(C)C)/c1=C1\C=CC=CC1=N.CC. The number of alkyl carbamates (subject to hydrolysis) is 1. The summed E-state index contributed by atoms with van der Waals surface area (Å²) in [6.07, 6.45) is 12.7. The Balaban J connectivity index is 0.00000190. The minimum atomic E-state index is -0.480.